The van der Waals surface area contributed by atoms with Gasteiger partial charge in [0.15, 0.2) is 0 Å². The van der Waals surface area contributed by atoms with Gasteiger partial charge in [-0.2, -0.15) is 0 Å². The fourth-order valence-electron chi connectivity index (χ4n) is 2.64. The van der Waals surface area contributed by atoms with Crippen LogP contribution in [0.15, 0.2) is 24.3 Å². The van der Waals surface area contributed by atoms with Gasteiger partial charge in [0.25, 0.3) is 0 Å². The molecule has 1 rings (SSSR count). The van der Waals surface area contributed by atoms with Crippen LogP contribution in [-0.2, 0) is 11.2 Å². The Morgan fingerprint density at radius 2 is 1.84 bits per heavy atom. The Balaban J connectivity index is 2.60. The number of phenolic OH excluding ortho intramolecular Hbond substituents is 1. The van der Waals surface area contributed by atoms with Gasteiger partial charge in [-0.15, -0.1) is 0 Å². The van der Waals surface area contributed by atoms with E-state index in [9.17, 15) is 9.90 Å². The zero-order valence-corrected chi connectivity index (χ0v) is 12.6. The molecule has 0 heterocycles. The van der Waals surface area contributed by atoms with Gasteiger partial charge in [0.2, 0.25) is 5.91 Å². The number of benzene rings is 1. The molecule has 1 aromatic carbocycles. The molecule has 1 amide bonds. The average molecular weight is 263 g/mol. The molecule has 0 saturated carbocycles. The molecule has 0 aliphatic heterocycles. The highest BCUT2D eigenvalue weighted by Crippen LogP contribution is 2.26. The third kappa shape index (κ3) is 6.27. The van der Waals surface area contributed by atoms with Crippen molar-refractivity contribution in [2.45, 2.75) is 53.0 Å². The van der Waals surface area contributed by atoms with Crippen LogP contribution in [0.4, 0.5) is 0 Å². The Morgan fingerprint density at radius 1 is 1.21 bits per heavy atom. The monoisotopic (exact) mass is 263 g/mol. The number of carbonyl (C=O) groups is 1. The zero-order chi connectivity index (χ0) is 14.7. The van der Waals surface area contributed by atoms with Gasteiger partial charge in [0.1, 0.15) is 5.75 Å². The number of hydrogen-bond acceptors (Lipinski definition) is 2. The molecule has 106 valence electrons. The SMILES string of the molecule is CC(C)(C)CC(C)(C)NC(=O)Cc1cccc(O)c1. The minimum absolute atomic E-state index is 0.0140. The second-order valence-electron chi connectivity index (χ2n) is 7.02. The van der Waals surface area contributed by atoms with Crippen molar-refractivity contribution in [3.63, 3.8) is 0 Å². The van der Waals surface area contributed by atoms with Gasteiger partial charge in [-0.3, -0.25) is 4.79 Å². The van der Waals surface area contributed by atoms with Crippen LogP contribution >= 0.6 is 0 Å². The van der Waals surface area contributed by atoms with Gasteiger partial charge in [-0.25, -0.2) is 0 Å². The Labute approximate surface area is 116 Å². The minimum Gasteiger partial charge on any atom is -0.508 e. The van der Waals surface area contributed by atoms with Gasteiger partial charge in [0.05, 0.1) is 6.42 Å². The fourth-order valence-corrected chi connectivity index (χ4v) is 2.64. The van der Waals surface area contributed by atoms with Crippen LogP contribution in [0, 0.1) is 5.41 Å². The Hall–Kier alpha value is -1.51. The summed E-state index contributed by atoms with van der Waals surface area (Å²) in [6.07, 6.45) is 1.20. The first kappa shape index (κ1) is 15.5. The average Bonchev–Trinajstić information content (AvgIpc) is 2.11. The van der Waals surface area contributed by atoms with Crippen molar-refractivity contribution < 1.29 is 9.90 Å². The molecule has 0 spiro atoms. The second-order valence-corrected chi connectivity index (χ2v) is 7.02. The normalized spacial score (nSPS) is 12.3. The van der Waals surface area contributed by atoms with Crippen molar-refractivity contribution in [1.29, 1.82) is 0 Å². The molecule has 0 aliphatic rings. The van der Waals surface area contributed by atoms with Crippen LogP contribution in [0.1, 0.15) is 46.6 Å². The molecule has 0 unspecified atom stereocenters. The van der Waals surface area contributed by atoms with E-state index in [0.29, 0.717) is 6.42 Å². The molecule has 19 heavy (non-hydrogen) atoms. The second kappa shape index (κ2) is 5.64. The molecule has 0 bridgehead atoms. The summed E-state index contributed by atoms with van der Waals surface area (Å²) in [6, 6.07) is 6.82. The summed E-state index contributed by atoms with van der Waals surface area (Å²) < 4.78 is 0. The van der Waals surface area contributed by atoms with E-state index in [2.05, 4.69) is 26.1 Å². The Bertz CT molecular complexity index is 444. The number of rotatable bonds is 4. The van der Waals surface area contributed by atoms with E-state index in [-0.39, 0.29) is 22.6 Å². The topological polar surface area (TPSA) is 49.3 Å². The van der Waals surface area contributed by atoms with E-state index in [1.54, 1.807) is 18.2 Å². The summed E-state index contributed by atoms with van der Waals surface area (Å²) in [7, 11) is 0. The molecule has 0 fully saturated rings. The first-order valence-electron chi connectivity index (χ1n) is 6.66. The van der Waals surface area contributed by atoms with Crippen LogP contribution in [0.5, 0.6) is 5.75 Å². The summed E-state index contributed by atoms with van der Waals surface area (Å²) in [4.78, 5) is 12.0. The lowest BCUT2D eigenvalue weighted by molar-refractivity contribution is -0.122. The van der Waals surface area contributed by atoms with Crippen molar-refractivity contribution >= 4 is 5.91 Å². The molecule has 0 atom stereocenters. The predicted molar refractivity (Wildman–Crippen MR) is 78.1 cm³/mol. The molecule has 0 aliphatic carbocycles. The smallest absolute Gasteiger partial charge is 0.224 e. The van der Waals surface area contributed by atoms with Crippen molar-refractivity contribution in [3.05, 3.63) is 29.8 Å². The minimum atomic E-state index is -0.230. The number of phenols is 1. The molecule has 3 heteroatoms. The van der Waals surface area contributed by atoms with Gasteiger partial charge >= 0.3 is 0 Å². The number of hydrogen-bond donors (Lipinski definition) is 2. The van der Waals surface area contributed by atoms with Crippen molar-refractivity contribution in [2.75, 3.05) is 0 Å². The van der Waals surface area contributed by atoms with E-state index < -0.39 is 0 Å². The van der Waals surface area contributed by atoms with E-state index in [1.165, 1.54) is 0 Å². The van der Waals surface area contributed by atoms with Crippen molar-refractivity contribution in [2.24, 2.45) is 5.41 Å². The summed E-state index contributed by atoms with van der Waals surface area (Å²) in [6.45, 7) is 10.6. The van der Waals surface area contributed by atoms with E-state index in [1.807, 2.05) is 19.9 Å². The highest BCUT2D eigenvalue weighted by Gasteiger charge is 2.26. The van der Waals surface area contributed by atoms with E-state index in [4.69, 9.17) is 0 Å². The standard InChI is InChI=1S/C16H25NO2/c1-15(2,3)11-16(4,5)17-14(19)10-12-7-6-8-13(18)9-12/h6-9,18H,10-11H2,1-5H3,(H,17,19). The van der Waals surface area contributed by atoms with E-state index >= 15 is 0 Å². The summed E-state index contributed by atoms with van der Waals surface area (Å²) in [5.74, 6) is 0.180. The third-order valence-corrected chi connectivity index (χ3v) is 2.73. The first-order valence-corrected chi connectivity index (χ1v) is 6.66. The predicted octanol–water partition coefficient (Wildman–Crippen LogP) is 3.27. The van der Waals surface area contributed by atoms with Crippen molar-refractivity contribution in [1.82, 2.24) is 5.32 Å². The van der Waals surface area contributed by atoms with Gasteiger partial charge in [-0.05, 0) is 43.4 Å². The summed E-state index contributed by atoms with van der Waals surface area (Å²) >= 11 is 0. The molecular weight excluding hydrogens is 238 g/mol. The van der Waals surface area contributed by atoms with Gasteiger partial charge in [0, 0.05) is 5.54 Å². The van der Waals surface area contributed by atoms with E-state index in [0.717, 1.165) is 12.0 Å². The maximum Gasteiger partial charge on any atom is 0.224 e. The van der Waals surface area contributed by atoms with Crippen LogP contribution in [-0.4, -0.2) is 16.6 Å². The van der Waals surface area contributed by atoms with Gasteiger partial charge in [-0.1, -0.05) is 32.9 Å². The van der Waals surface area contributed by atoms with Crippen LogP contribution in [0.2, 0.25) is 0 Å². The zero-order valence-electron chi connectivity index (χ0n) is 12.6. The lowest BCUT2D eigenvalue weighted by Crippen LogP contribution is -2.46. The first-order chi connectivity index (χ1) is 8.57. The number of amides is 1. The molecule has 2 N–H and O–H groups in total. The van der Waals surface area contributed by atoms with Crippen LogP contribution in [0.25, 0.3) is 0 Å². The molecule has 3 nitrogen and oxygen atoms in total. The Morgan fingerprint density at radius 3 is 2.37 bits per heavy atom. The molecule has 0 radical (unpaired) electrons. The molecule has 0 aromatic heterocycles. The maximum atomic E-state index is 12.0. The summed E-state index contributed by atoms with van der Waals surface area (Å²) in [5.41, 5.74) is 0.762. The lowest BCUT2D eigenvalue weighted by atomic mass is 9.81. The highest BCUT2D eigenvalue weighted by atomic mass is 16.3. The molecular formula is C16H25NO2. The molecule has 0 saturated heterocycles. The Kier molecular flexibility index (Phi) is 4.61. The number of nitrogens with one attached hydrogen (secondary N) is 1. The van der Waals surface area contributed by atoms with Crippen LogP contribution in [0.3, 0.4) is 0 Å². The number of carbonyl (C=O) groups excluding carboxylic acids is 1. The largest absolute Gasteiger partial charge is 0.508 e. The summed E-state index contributed by atoms with van der Waals surface area (Å²) in [5, 5.41) is 12.4. The highest BCUT2D eigenvalue weighted by molar-refractivity contribution is 5.79. The number of aromatic hydroxyl groups is 1. The molecule has 1 aromatic rings. The third-order valence-electron chi connectivity index (χ3n) is 2.73. The quantitative estimate of drug-likeness (QED) is 0.876. The van der Waals surface area contributed by atoms with Gasteiger partial charge < -0.3 is 10.4 Å². The van der Waals surface area contributed by atoms with Crippen LogP contribution < -0.4 is 5.32 Å². The maximum absolute atomic E-state index is 12.0. The fraction of sp³-hybridized carbons (Fsp3) is 0.562. The van der Waals surface area contributed by atoms with Crippen molar-refractivity contribution in [3.8, 4) is 5.75 Å². The lowest BCUT2D eigenvalue weighted by Gasteiger charge is -2.33.